The van der Waals surface area contributed by atoms with Gasteiger partial charge >= 0.3 is 6.03 Å². The first-order chi connectivity index (χ1) is 15.1. The predicted molar refractivity (Wildman–Crippen MR) is 118 cm³/mol. The second-order valence-corrected chi connectivity index (χ2v) is 9.02. The number of carbonyl (C=O) groups is 2. The molecule has 0 saturated carbocycles. The Balaban J connectivity index is 1.54. The van der Waals surface area contributed by atoms with Gasteiger partial charge in [0.15, 0.2) is 0 Å². The monoisotopic (exact) mass is 434 g/mol. The van der Waals surface area contributed by atoms with E-state index in [4.69, 9.17) is 9.26 Å². The molecule has 1 aliphatic rings. The van der Waals surface area contributed by atoms with Gasteiger partial charge in [-0.05, 0) is 35.6 Å². The molecule has 2 heterocycles. The second kappa shape index (κ2) is 7.78. The second-order valence-electron chi connectivity index (χ2n) is 9.02. The van der Waals surface area contributed by atoms with Crippen molar-refractivity contribution in [2.45, 2.75) is 45.2 Å². The van der Waals surface area contributed by atoms with E-state index in [0.29, 0.717) is 22.7 Å². The molecule has 1 aromatic heterocycles. The van der Waals surface area contributed by atoms with E-state index in [1.54, 1.807) is 20.1 Å². The number of benzene rings is 2. The molecule has 0 bridgehead atoms. The lowest BCUT2D eigenvalue weighted by molar-refractivity contribution is -0.131. The van der Waals surface area contributed by atoms with Crippen molar-refractivity contribution in [3.8, 4) is 17.1 Å². The molecule has 1 unspecified atom stereocenters. The standard InChI is InChI=1S/C24H26N4O4/c1-23(2,3)16-9-11-17(12-10-16)24(4)21(29)28(22(30)26-24)14-19-25-20(27-32-19)15-7-6-8-18(13-15)31-5/h6-13H,14H2,1-5H3,(H,26,30). The molecule has 1 N–H and O–H groups in total. The molecular weight excluding hydrogens is 408 g/mol. The zero-order valence-electron chi connectivity index (χ0n) is 18.8. The lowest BCUT2D eigenvalue weighted by Crippen LogP contribution is -2.40. The third-order valence-corrected chi connectivity index (χ3v) is 5.69. The summed E-state index contributed by atoms with van der Waals surface area (Å²) in [4.78, 5) is 31.3. The number of methoxy groups -OCH3 is 1. The number of aromatic nitrogens is 2. The van der Waals surface area contributed by atoms with Crippen molar-refractivity contribution in [3.05, 3.63) is 65.5 Å². The maximum absolute atomic E-state index is 13.2. The van der Waals surface area contributed by atoms with Crippen LogP contribution in [0.5, 0.6) is 5.75 Å². The molecule has 3 amide bonds. The van der Waals surface area contributed by atoms with Gasteiger partial charge in [0, 0.05) is 5.56 Å². The van der Waals surface area contributed by atoms with Crippen molar-refractivity contribution >= 4 is 11.9 Å². The summed E-state index contributed by atoms with van der Waals surface area (Å²) in [7, 11) is 1.58. The molecule has 0 radical (unpaired) electrons. The fraction of sp³-hybridized carbons (Fsp3) is 0.333. The normalized spacial score (nSPS) is 18.7. The van der Waals surface area contributed by atoms with Gasteiger partial charge < -0.3 is 14.6 Å². The molecule has 32 heavy (non-hydrogen) atoms. The summed E-state index contributed by atoms with van der Waals surface area (Å²) in [6.07, 6.45) is 0. The average molecular weight is 434 g/mol. The van der Waals surface area contributed by atoms with E-state index in [1.165, 1.54) is 0 Å². The number of rotatable bonds is 5. The van der Waals surface area contributed by atoms with Crippen molar-refractivity contribution in [1.29, 1.82) is 0 Å². The number of imide groups is 1. The number of amides is 3. The number of carbonyl (C=O) groups excluding carboxylic acids is 2. The summed E-state index contributed by atoms with van der Waals surface area (Å²) >= 11 is 0. The number of hydrogen-bond acceptors (Lipinski definition) is 6. The fourth-order valence-electron chi connectivity index (χ4n) is 3.67. The Kier molecular flexibility index (Phi) is 5.24. The number of urea groups is 1. The van der Waals surface area contributed by atoms with Crippen molar-refractivity contribution in [2.75, 3.05) is 7.11 Å². The van der Waals surface area contributed by atoms with Crippen LogP contribution in [-0.2, 0) is 22.3 Å². The van der Waals surface area contributed by atoms with Crippen molar-refractivity contribution in [2.24, 2.45) is 0 Å². The molecule has 1 saturated heterocycles. The van der Waals surface area contributed by atoms with Crippen LogP contribution >= 0.6 is 0 Å². The van der Waals surface area contributed by atoms with E-state index in [0.717, 1.165) is 10.5 Å². The molecule has 1 atom stereocenters. The van der Waals surface area contributed by atoms with E-state index in [-0.39, 0.29) is 23.8 Å². The SMILES string of the molecule is COc1cccc(-c2noc(CN3C(=O)NC(C)(c4ccc(C(C)(C)C)cc4)C3=O)n2)c1. The quantitative estimate of drug-likeness (QED) is 0.610. The van der Waals surface area contributed by atoms with E-state index in [9.17, 15) is 9.59 Å². The van der Waals surface area contributed by atoms with Gasteiger partial charge in [-0.15, -0.1) is 0 Å². The van der Waals surface area contributed by atoms with Gasteiger partial charge in [-0.1, -0.05) is 62.3 Å². The van der Waals surface area contributed by atoms with Crippen LogP contribution in [0.15, 0.2) is 53.1 Å². The molecular formula is C24H26N4O4. The molecule has 1 fully saturated rings. The Hall–Kier alpha value is -3.68. The van der Waals surface area contributed by atoms with E-state index in [1.807, 2.05) is 42.5 Å². The van der Waals surface area contributed by atoms with Crippen LogP contribution in [0.4, 0.5) is 4.79 Å². The zero-order chi connectivity index (χ0) is 23.1. The topological polar surface area (TPSA) is 97.6 Å². The molecule has 4 rings (SSSR count). The summed E-state index contributed by atoms with van der Waals surface area (Å²) in [6.45, 7) is 7.96. The first kappa shape index (κ1) is 21.5. The highest BCUT2D eigenvalue weighted by Gasteiger charge is 2.49. The summed E-state index contributed by atoms with van der Waals surface area (Å²) in [6, 6.07) is 14.5. The van der Waals surface area contributed by atoms with E-state index >= 15 is 0 Å². The zero-order valence-corrected chi connectivity index (χ0v) is 18.8. The minimum Gasteiger partial charge on any atom is -0.497 e. The Bertz CT molecular complexity index is 1160. The van der Waals surface area contributed by atoms with Crippen LogP contribution in [0.1, 0.15) is 44.7 Å². The number of ether oxygens (including phenoxy) is 1. The van der Waals surface area contributed by atoms with Crippen LogP contribution in [-0.4, -0.2) is 34.1 Å². The maximum Gasteiger partial charge on any atom is 0.325 e. The van der Waals surface area contributed by atoms with Crippen LogP contribution in [0.2, 0.25) is 0 Å². The first-order valence-electron chi connectivity index (χ1n) is 10.3. The summed E-state index contributed by atoms with van der Waals surface area (Å²) in [5.74, 6) is 0.813. The van der Waals surface area contributed by atoms with Crippen molar-refractivity contribution in [1.82, 2.24) is 20.4 Å². The van der Waals surface area contributed by atoms with Gasteiger partial charge in [0.25, 0.3) is 5.91 Å². The number of nitrogens with zero attached hydrogens (tertiary/aromatic N) is 3. The number of nitrogens with one attached hydrogen (secondary N) is 1. The highest BCUT2D eigenvalue weighted by molar-refractivity contribution is 6.07. The third-order valence-electron chi connectivity index (χ3n) is 5.69. The molecule has 8 nitrogen and oxygen atoms in total. The molecule has 1 aliphatic heterocycles. The predicted octanol–water partition coefficient (Wildman–Crippen LogP) is 4.01. The molecule has 8 heteroatoms. The Morgan fingerprint density at radius 3 is 2.50 bits per heavy atom. The summed E-state index contributed by atoms with van der Waals surface area (Å²) < 4.78 is 10.5. The van der Waals surface area contributed by atoms with Gasteiger partial charge in [-0.3, -0.25) is 9.69 Å². The van der Waals surface area contributed by atoms with Crippen molar-refractivity contribution < 1.29 is 18.8 Å². The molecule has 166 valence electrons. The Labute approximate surface area is 186 Å². The smallest absolute Gasteiger partial charge is 0.325 e. The van der Waals surface area contributed by atoms with Crippen LogP contribution < -0.4 is 10.1 Å². The summed E-state index contributed by atoms with van der Waals surface area (Å²) in [5, 5.41) is 6.78. The van der Waals surface area contributed by atoms with E-state index < -0.39 is 11.6 Å². The minimum absolute atomic E-state index is 0.00711. The van der Waals surface area contributed by atoms with Gasteiger partial charge in [-0.25, -0.2) is 4.79 Å². The lowest BCUT2D eigenvalue weighted by Gasteiger charge is -2.24. The molecule has 0 spiro atoms. The highest BCUT2D eigenvalue weighted by Crippen LogP contribution is 2.32. The molecule has 3 aromatic rings. The van der Waals surface area contributed by atoms with Crippen LogP contribution in [0.25, 0.3) is 11.4 Å². The van der Waals surface area contributed by atoms with Gasteiger partial charge in [0.1, 0.15) is 17.8 Å². The third kappa shape index (κ3) is 3.84. The van der Waals surface area contributed by atoms with Crippen LogP contribution in [0.3, 0.4) is 0 Å². The average Bonchev–Trinajstić information content (AvgIpc) is 3.32. The van der Waals surface area contributed by atoms with Crippen molar-refractivity contribution in [3.63, 3.8) is 0 Å². The highest BCUT2D eigenvalue weighted by atomic mass is 16.5. The molecule has 0 aliphatic carbocycles. The first-order valence-corrected chi connectivity index (χ1v) is 10.3. The van der Waals surface area contributed by atoms with Gasteiger partial charge in [0.2, 0.25) is 11.7 Å². The molecule has 2 aromatic carbocycles. The minimum atomic E-state index is -1.16. The van der Waals surface area contributed by atoms with E-state index in [2.05, 4.69) is 36.2 Å². The number of hydrogen-bond donors (Lipinski definition) is 1. The fourth-order valence-corrected chi connectivity index (χ4v) is 3.67. The Morgan fingerprint density at radius 1 is 1.12 bits per heavy atom. The van der Waals surface area contributed by atoms with Gasteiger partial charge in [-0.2, -0.15) is 4.98 Å². The lowest BCUT2D eigenvalue weighted by atomic mass is 9.84. The van der Waals surface area contributed by atoms with Crippen LogP contribution in [0, 0.1) is 0 Å². The van der Waals surface area contributed by atoms with Gasteiger partial charge in [0.05, 0.1) is 7.11 Å². The Morgan fingerprint density at radius 2 is 1.84 bits per heavy atom. The summed E-state index contributed by atoms with van der Waals surface area (Å²) in [5.41, 5.74) is 1.40. The largest absolute Gasteiger partial charge is 0.497 e. The maximum atomic E-state index is 13.2.